The van der Waals surface area contributed by atoms with E-state index in [9.17, 15) is 13.2 Å². The first-order valence-electron chi connectivity index (χ1n) is 9.14. The Balaban J connectivity index is 1.68. The van der Waals surface area contributed by atoms with E-state index in [-0.39, 0.29) is 10.8 Å². The first kappa shape index (κ1) is 19.5. The number of aromatic nitrogens is 1. The minimum atomic E-state index is -3.53. The molecule has 144 valence electrons. The molecule has 2 atom stereocenters. The monoisotopic (exact) mass is 387 g/mol. The first-order valence-corrected chi connectivity index (χ1v) is 10.6. The summed E-state index contributed by atoms with van der Waals surface area (Å²) in [6.45, 7) is 5.56. The van der Waals surface area contributed by atoms with Crippen LogP contribution in [0.5, 0.6) is 0 Å². The van der Waals surface area contributed by atoms with Crippen molar-refractivity contribution >= 4 is 15.9 Å². The van der Waals surface area contributed by atoms with Crippen molar-refractivity contribution in [2.45, 2.75) is 31.7 Å². The maximum absolute atomic E-state index is 12.9. The summed E-state index contributed by atoms with van der Waals surface area (Å²) in [6, 6.07) is 11.6. The molecule has 1 amide bonds. The molecule has 1 fully saturated rings. The van der Waals surface area contributed by atoms with Gasteiger partial charge in [0.15, 0.2) is 0 Å². The topological polar surface area (TPSA) is 79.4 Å². The molecule has 1 aliphatic rings. The molecule has 7 heteroatoms. The Morgan fingerprint density at radius 1 is 1.11 bits per heavy atom. The van der Waals surface area contributed by atoms with E-state index < -0.39 is 10.0 Å². The molecule has 0 saturated carbocycles. The number of carbonyl (C=O) groups excluding carboxylic acids is 1. The minimum absolute atomic E-state index is 0.227. The number of pyridine rings is 1. The van der Waals surface area contributed by atoms with E-state index in [2.05, 4.69) is 24.1 Å². The first-order chi connectivity index (χ1) is 12.9. The van der Waals surface area contributed by atoms with Crippen LogP contribution in [0.4, 0.5) is 0 Å². The summed E-state index contributed by atoms with van der Waals surface area (Å²) in [7, 11) is -3.53. The van der Waals surface area contributed by atoms with Crippen LogP contribution in [0.1, 0.15) is 36.3 Å². The van der Waals surface area contributed by atoms with Gasteiger partial charge in [0, 0.05) is 24.8 Å². The highest BCUT2D eigenvalue weighted by atomic mass is 32.2. The molecule has 0 spiro atoms. The van der Waals surface area contributed by atoms with Gasteiger partial charge in [-0.05, 0) is 54.7 Å². The Morgan fingerprint density at radius 3 is 2.37 bits per heavy atom. The Bertz CT molecular complexity index is 872. The Kier molecular flexibility index (Phi) is 5.92. The quantitative estimate of drug-likeness (QED) is 0.855. The van der Waals surface area contributed by atoms with Crippen molar-refractivity contribution in [2.24, 2.45) is 11.8 Å². The van der Waals surface area contributed by atoms with E-state index in [1.807, 2.05) is 18.2 Å². The molecule has 2 aromatic rings. The van der Waals surface area contributed by atoms with Crippen LogP contribution in [0.3, 0.4) is 0 Å². The molecule has 0 aliphatic carbocycles. The van der Waals surface area contributed by atoms with E-state index in [1.54, 1.807) is 22.6 Å². The number of rotatable bonds is 5. The number of hydrogen-bond donors (Lipinski definition) is 1. The third kappa shape index (κ3) is 4.73. The summed E-state index contributed by atoms with van der Waals surface area (Å²) in [5.41, 5.74) is 1.18. The molecule has 2 heterocycles. The van der Waals surface area contributed by atoms with Gasteiger partial charge in [0.25, 0.3) is 5.91 Å². The van der Waals surface area contributed by atoms with Crippen molar-refractivity contribution < 1.29 is 13.2 Å². The van der Waals surface area contributed by atoms with E-state index in [4.69, 9.17) is 0 Å². The maximum atomic E-state index is 12.9. The van der Waals surface area contributed by atoms with Crippen molar-refractivity contribution in [3.05, 3.63) is 59.9 Å². The highest BCUT2D eigenvalue weighted by Gasteiger charge is 2.31. The van der Waals surface area contributed by atoms with Crippen molar-refractivity contribution in [2.75, 3.05) is 13.1 Å². The van der Waals surface area contributed by atoms with E-state index in [1.165, 1.54) is 12.1 Å². The van der Waals surface area contributed by atoms with Gasteiger partial charge in [-0.15, -0.1) is 0 Å². The van der Waals surface area contributed by atoms with Gasteiger partial charge in [-0.25, -0.2) is 8.42 Å². The molecule has 1 saturated heterocycles. The van der Waals surface area contributed by atoms with Gasteiger partial charge in [0.05, 0.1) is 17.1 Å². The van der Waals surface area contributed by atoms with Gasteiger partial charge in [-0.1, -0.05) is 19.9 Å². The third-order valence-corrected chi connectivity index (χ3v) is 6.59. The summed E-state index contributed by atoms with van der Waals surface area (Å²) >= 11 is 0. The average Bonchev–Trinajstić information content (AvgIpc) is 2.66. The van der Waals surface area contributed by atoms with Gasteiger partial charge >= 0.3 is 0 Å². The average molecular weight is 388 g/mol. The van der Waals surface area contributed by atoms with Crippen LogP contribution in [0, 0.1) is 11.8 Å². The van der Waals surface area contributed by atoms with Crippen molar-refractivity contribution in [3.8, 4) is 0 Å². The van der Waals surface area contributed by atoms with Gasteiger partial charge < -0.3 is 5.32 Å². The lowest BCUT2D eigenvalue weighted by Crippen LogP contribution is -2.42. The van der Waals surface area contributed by atoms with Crippen LogP contribution < -0.4 is 5.32 Å². The molecule has 6 nitrogen and oxygen atoms in total. The number of benzene rings is 1. The predicted molar refractivity (Wildman–Crippen MR) is 104 cm³/mol. The van der Waals surface area contributed by atoms with E-state index in [0.717, 1.165) is 12.1 Å². The summed E-state index contributed by atoms with van der Waals surface area (Å²) in [5, 5.41) is 2.79. The summed E-state index contributed by atoms with van der Waals surface area (Å²) in [6.07, 6.45) is 2.71. The van der Waals surface area contributed by atoms with Crippen molar-refractivity contribution in [1.82, 2.24) is 14.6 Å². The number of amides is 1. The Hall–Kier alpha value is -2.25. The number of sulfonamides is 1. The fourth-order valence-corrected chi connectivity index (χ4v) is 5.18. The largest absolute Gasteiger partial charge is 0.346 e. The fraction of sp³-hybridized carbons (Fsp3) is 0.400. The van der Waals surface area contributed by atoms with E-state index >= 15 is 0 Å². The highest BCUT2D eigenvalue weighted by Crippen LogP contribution is 2.26. The minimum Gasteiger partial charge on any atom is -0.346 e. The molecular formula is C20H25N3O3S. The number of nitrogens with zero attached hydrogens (tertiary/aromatic N) is 2. The zero-order valence-corrected chi connectivity index (χ0v) is 16.4. The third-order valence-electron chi connectivity index (χ3n) is 4.75. The standard InChI is InChI=1S/C20H25N3O3S/c1-15-11-16(2)14-23(13-15)27(25,26)19-8-6-17(7-9-19)20(24)22-12-18-5-3-4-10-21-18/h3-10,15-16H,11-14H2,1-2H3,(H,22,24)/t15-,16+. The lowest BCUT2D eigenvalue weighted by molar-refractivity contribution is 0.0950. The molecule has 1 aromatic heterocycles. The van der Waals surface area contributed by atoms with Crippen molar-refractivity contribution in [3.63, 3.8) is 0 Å². The van der Waals surface area contributed by atoms with Crippen LogP contribution in [0.25, 0.3) is 0 Å². The molecule has 1 N–H and O–H groups in total. The second-order valence-corrected chi connectivity index (χ2v) is 9.23. The summed E-state index contributed by atoms with van der Waals surface area (Å²) < 4.78 is 27.3. The smallest absolute Gasteiger partial charge is 0.251 e. The highest BCUT2D eigenvalue weighted by molar-refractivity contribution is 7.89. The van der Waals surface area contributed by atoms with Gasteiger partial charge in [0.1, 0.15) is 0 Å². The summed E-state index contributed by atoms with van der Waals surface area (Å²) in [5.74, 6) is 0.435. The normalized spacial score (nSPS) is 21.0. The van der Waals surface area contributed by atoms with Crippen molar-refractivity contribution in [1.29, 1.82) is 0 Å². The van der Waals surface area contributed by atoms with Gasteiger partial charge in [0.2, 0.25) is 10.0 Å². The molecule has 1 aliphatic heterocycles. The number of piperidine rings is 1. The van der Waals surface area contributed by atoms with Gasteiger partial charge in [-0.2, -0.15) is 4.31 Å². The zero-order valence-electron chi connectivity index (χ0n) is 15.6. The Labute approximate surface area is 160 Å². The number of nitrogens with one attached hydrogen (secondary N) is 1. The molecule has 27 heavy (non-hydrogen) atoms. The van der Waals surface area contributed by atoms with E-state index in [0.29, 0.717) is 37.0 Å². The molecule has 0 radical (unpaired) electrons. The van der Waals surface area contributed by atoms with Crippen LogP contribution in [0.2, 0.25) is 0 Å². The number of hydrogen-bond acceptors (Lipinski definition) is 4. The number of carbonyl (C=O) groups is 1. The second kappa shape index (κ2) is 8.19. The SMILES string of the molecule is C[C@@H]1C[C@H](C)CN(S(=O)(=O)c2ccc(C(=O)NCc3ccccn3)cc2)C1. The zero-order chi connectivity index (χ0) is 19.4. The Morgan fingerprint density at radius 2 is 1.78 bits per heavy atom. The molecule has 3 rings (SSSR count). The lowest BCUT2D eigenvalue weighted by Gasteiger charge is -2.34. The molecule has 0 unspecified atom stereocenters. The van der Waals surface area contributed by atoms with Crippen LogP contribution in [0.15, 0.2) is 53.6 Å². The second-order valence-electron chi connectivity index (χ2n) is 7.30. The molecule has 1 aromatic carbocycles. The van der Waals surface area contributed by atoms with Crippen LogP contribution in [-0.2, 0) is 16.6 Å². The maximum Gasteiger partial charge on any atom is 0.251 e. The molecular weight excluding hydrogens is 362 g/mol. The van der Waals surface area contributed by atoms with Gasteiger partial charge in [-0.3, -0.25) is 9.78 Å². The lowest BCUT2D eigenvalue weighted by atomic mass is 9.94. The summed E-state index contributed by atoms with van der Waals surface area (Å²) in [4.78, 5) is 16.6. The predicted octanol–water partition coefficient (Wildman–Crippen LogP) is 2.68. The fourth-order valence-electron chi connectivity index (χ4n) is 3.50. The van der Waals surface area contributed by atoms with Crippen LogP contribution in [-0.4, -0.2) is 36.7 Å². The molecule has 0 bridgehead atoms. The van der Waals surface area contributed by atoms with Crippen LogP contribution >= 0.6 is 0 Å².